The van der Waals surface area contributed by atoms with Gasteiger partial charge in [-0.05, 0) is 38.8 Å². The maximum atomic E-state index is 14.0. The summed E-state index contributed by atoms with van der Waals surface area (Å²) in [7, 11) is 0. The molecule has 2 aliphatic heterocycles. The van der Waals surface area contributed by atoms with E-state index in [1.807, 2.05) is 0 Å². The van der Waals surface area contributed by atoms with Crippen molar-refractivity contribution >= 4 is 5.91 Å². The van der Waals surface area contributed by atoms with Crippen LogP contribution in [0.4, 0.5) is 8.78 Å². The molecule has 14 unspecified atom stereocenters. The lowest BCUT2D eigenvalue weighted by molar-refractivity contribution is -0.306. The van der Waals surface area contributed by atoms with Crippen molar-refractivity contribution in [1.29, 1.82) is 0 Å². The van der Waals surface area contributed by atoms with E-state index in [1.54, 1.807) is 0 Å². The predicted molar refractivity (Wildman–Crippen MR) is 147 cm³/mol. The average molecular weight is 630 g/mol. The number of aliphatic hydroxyl groups is 5. The highest BCUT2D eigenvalue weighted by Gasteiger charge is 2.54. The van der Waals surface area contributed by atoms with E-state index in [-0.39, 0.29) is 25.1 Å². The van der Waals surface area contributed by atoms with Crippen LogP contribution in [0.15, 0.2) is 0 Å². The Balaban J connectivity index is 1.93. The molecule has 252 valence electrons. The van der Waals surface area contributed by atoms with Gasteiger partial charge in [-0.2, -0.15) is 0 Å². The number of halogens is 2. The third-order valence-corrected chi connectivity index (χ3v) is 8.60. The fourth-order valence-electron chi connectivity index (χ4n) is 6.05. The molecule has 1 aliphatic carbocycles. The first-order chi connectivity index (χ1) is 20.3. The summed E-state index contributed by atoms with van der Waals surface area (Å²) in [6, 6.07) is -3.76. The molecule has 18 heteroatoms. The van der Waals surface area contributed by atoms with E-state index in [2.05, 4.69) is 10.6 Å². The van der Waals surface area contributed by atoms with Gasteiger partial charge in [-0.25, -0.2) is 8.78 Å². The Hall–Kier alpha value is -1.23. The second-order valence-electron chi connectivity index (χ2n) is 11.6. The summed E-state index contributed by atoms with van der Waals surface area (Å²) in [5.74, 6) is -6.30. The van der Waals surface area contributed by atoms with Gasteiger partial charge < -0.3 is 79.0 Å². The number of nitrogens with one attached hydrogen (secondary N) is 2. The molecule has 1 amide bonds. The van der Waals surface area contributed by atoms with Crippen LogP contribution in [0, 0.1) is 5.92 Å². The number of hydrogen-bond donors (Lipinski definition) is 12. The zero-order valence-corrected chi connectivity index (χ0v) is 24.0. The molecule has 17 N–H and O–H groups in total. The number of alkyl halides is 2. The van der Waals surface area contributed by atoms with Crippen molar-refractivity contribution in [1.82, 2.24) is 10.6 Å². The van der Waals surface area contributed by atoms with Crippen molar-refractivity contribution in [2.24, 2.45) is 34.6 Å². The number of aliphatic hydroxyl groups excluding tert-OH is 5. The molecule has 16 nitrogen and oxygen atoms in total. The monoisotopic (exact) mass is 629 g/mol. The SMILES string of the molecule is NCCCNC1CCC(CN)OC1C1C(N)CC(NC(=O)C(O)C(F)(F)CN)C(OC2OC(CO)C(O)C(N)C2O)C1O. The number of carbonyl (C=O) groups is 1. The fourth-order valence-corrected chi connectivity index (χ4v) is 6.05. The maximum absolute atomic E-state index is 14.0. The van der Waals surface area contributed by atoms with Crippen molar-refractivity contribution in [3.05, 3.63) is 0 Å². The quantitative estimate of drug-likeness (QED) is 0.0844. The van der Waals surface area contributed by atoms with Crippen molar-refractivity contribution in [3.63, 3.8) is 0 Å². The molecule has 3 rings (SSSR count). The first-order valence-electron chi connectivity index (χ1n) is 14.6. The molecule has 2 saturated heterocycles. The molecule has 0 bridgehead atoms. The molecular weight excluding hydrogens is 580 g/mol. The highest BCUT2D eigenvalue weighted by Crippen LogP contribution is 2.37. The van der Waals surface area contributed by atoms with Gasteiger partial charge in [-0.15, -0.1) is 0 Å². The summed E-state index contributed by atoms with van der Waals surface area (Å²) in [5.41, 5.74) is 29.0. The Labute approximate surface area is 248 Å². The Morgan fingerprint density at radius 3 is 2.35 bits per heavy atom. The van der Waals surface area contributed by atoms with Gasteiger partial charge >= 0.3 is 0 Å². The van der Waals surface area contributed by atoms with E-state index in [1.165, 1.54) is 0 Å². The molecule has 3 aliphatic rings. The van der Waals surface area contributed by atoms with Crippen LogP contribution in [-0.2, 0) is 19.0 Å². The Morgan fingerprint density at radius 1 is 1.05 bits per heavy atom. The average Bonchev–Trinajstić information content (AvgIpc) is 2.99. The number of rotatable bonds is 13. The van der Waals surface area contributed by atoms with Crippen molar-refractivity contribution in [3.8, 4) is 0 Å². The first-order valence-corrected chi connectivity index (χ1v) is 14.6. The molecule has 0 aromatic carbocycles. The van der Waals surface area contributed by atoms with E-state index in [0.29, 0.717) is 32.4 Å². The standard InChI is InChI=1S/C25H49F2N7O9/c26-25(27,9-30)22(39)23(40)34-13-6-11(31)15(20-12(33-5-1-4-28)3-2-10(7-29)41-20)18(37)21(13)43-24-19(38)16(32)17(36)14(8-35)42-24/h10-22,24,33,35-39H,1-9,28-32H2,(H,34,40). The summed E-state index contributed by atoms with van der Waals surface area (Å²) in [6.07, 6.45) is -11.0. The van der Waals surface area contributed by atoms with Crippen molar-refractivity contribution in [2.45, 2.75) is 111 Å². The second-order valence-corrected chi connectivity index (χ2v) is 11.6. The van der Waals surface area contributed by atoms with E-state index < -0.39 is 98.0 Å². The van der Waals surface area contributed by atoms with Crippen LogP contribution < -0.4 is 39.3 Å². The van der Waals surface area contributed by atoms with Gasteiger partial charge in [0.1, 0.15) is 24.4 Å². The minimum absolute atomic E-state index is 0.136. The molecule has 0 aromatic heterocycles. The zero-order valence-electron chi connectivity index (χ0n) is 24.0. The summed E-state index contributed by atoms with van der Waals surface area (Å²) in [5, 5.41) is 58.0. The third kappa shape index (κ3) is 8.33. The highest BCUT2D eigenvalue weighted by molar-refractivity contribution is 5.82. The Bertz CT molecular complexity index is 883. The molecule has 1 saturated carbocycles. The summed E-state index contributed by atoms with van der Waals surface area (Å²) in [6.45, 7) is -0.774. The number of nitrogens with two attached hydrogens (primary N) is 5. The van der Waals surface area contributed by atoms with Gasteiger partial charge in [0.2, 0.25) is 0 Å². The number of amides is 1. The topological polar surface area (TPSA) is 300 Å². The lowest BCUT2D eigenvalue weighted by atomic mass is 9.72. The van der Waals surface area contributed by atoms with E-state index >= 15 is 0 Å². The van der Waals surface area contributed by atoms with Gasteiger partial charge in [0, 0.05) is 24.5 Å². The summed E-state index contributed by atoms with van der Waals surface area (Å²) >= 11 is 0. The van der Waals surface area contributed by atoms with E-state index in [0.717, 1.165) is 0 Å². The molecule has 0 spiro atoms. The first kappa shape index (κ1) is 36.2. The normalized spacial score (nSPS) is 41.5. The highest BCUT2D eigenvalue weighted by atomic mass is 19.3. The lowest BCUT2D eigenvalue weighted by Crippen LogP contribution is -2.70. The predicted octanol–water partition coefficient (Wildman–Crippen LogP) is -5.90. The Morgan fingerprint density at radius 2 is 1.74 bits per heavy atom. The number of hydrogen-bond acceptors (Lipinski definition) is 15. The molecule has 14 atom stereocenters. The van der Waals surface area contributed by atoms with Gasteiger partial charge in [0.25, 0.3) is 11.8 Å². The minimum Gasteiger partial charge on any atom is -0.394 e. The lowest BCUT2D eigenvalue weighted by Gasteiger charge is -2.51. The smallest absolute Gasteiger partial charge is 0.294 e. The summed E-state index contributed by atoms with van der Waals surface area (Å²) < 4.78 is 45.8. The van der Waals surface area contributed by atoms with Crippen LogP contribution in [0.1, 0.15) is 25.7 Å². The largest absolute Gasteiger partial charge is 0.394 e. The fraction of sp³-hybridized carbons (Fsp3) is 0.960. The van der Waals surface area contributed by atoms with Gasteiger partial charge in [-0.3, -0.25) is 4.79 Å². The molecule has 0 aromatic rings. The maximum Gasteiger partial charge on any atom is 0.294 e. The van der Waals surface area contributed by atoms with Crippen LogP contribution >= 0.6 is 0 Å². The molecule has 0 radical (unpaired) electrons. The van der Waals surface area contributed by atoms with E-state index in [9.17, 15) is 39.1 Å². The molecule has 3 fully saturated rings. The van der Waals surface area contributed by atoms with Crippen LogP contribution in [0.3, 0.4) is 0 Å². The van der Waals surface area contributed by atoms with Crippen LogP contribution in [-0.4, -0.2) is 149 Å². The van der Waals surface area contributed by atoms with E-state index in [4.69, 9.17) is 42.9 Å². The van der Waals surface area contributed by atoms with Gasteiger partial charge in [0.05, 0.1) is 43.5 Å². The van der Waals surface area contributed by atoms with Crippen molar-refractivity contribution < 1.29 is 53.3 Å². The summed E-state index contributed by atoms with van der Waals surface area (Å²) in [4.78, 5) is 12.7. The molecule has 2 heterocycles. The van der Waals surface area contributed by atoms with Crippen LogP contribution in [0.25, 0.3) is 0 Å². The second kappa shape index (κ2) is 15.9. The van der Waals surface area contributed by atoms with Gasteiger partial charge in [-0.1, -0.05) is 0 Å². The zero-order chi connectivity index (χ0) is 32.1. The number of carbonyl (C=O) groups excluding carboxylic acids is 1. The van der Waals surface area contributed by atoms with Gasteiger partial charge in [0.15, 0.2) is 12.4 Å². The van der Waals surface area contributed by atoms with Crippen LogP contribution in [0.2, 0.25) is 0 Å². The van der Waals surface area contributed by atoms with Crippen molar-refractivity contribution in [2.75, 3.05) is 32.8 Å². The number of ether oxygens (including phenoxy) is 3. The third-order valence-electron chi connectivity index (χ3n) is 8.60. The molecular formula is C25H49F2N7O9. The van der Waals surface area contributed by atoms with Crippen LogP contribution in [0.5, 0.6) is 0 Å². The Kier molecular flexibility index (Phi) is 13.4. The molecule has 43 heavy (non-hydrogen) atoms. The minimum atomic E-state index is -3.95.